The molecule has 0 aliphatic rings. The van der Waals surface area contributed by atoms with Gasteiger partial charge in [0.1, 0.15) is 0 Å². The standard InChI is InChI=1S/C18H17ClN2O2S/c1-13-3-4-14(2)21(13)17-9-11-18(12-10-17)24(22,23)20-16-7-5-15(19)6-8-16/h3-12,20H,1-2H3. The van der Waals surface area contributed by atoms with Crippen LogP contribution in [0, 0.1) is 13.8 Å². The Kier molecular flexibility index (Phi) is 4.39. The molecule has 0 radical (unpaired) electrons. The Morgan fingerprint density at radius 1 is 0.833 bits per heavy atom. The second-order valence-corrected chi connectivity index (χ2v) is 7.68. The first-order valence-corrected chi connectivity index (χ1v) is 9.27. The van der Waals surface area contributed by atoms with Gasteiger partial charge in [-0.25, -0.2) is 8.42 Å². The maximum atomic E-state index is 12.5. The number of hydrogen-bond acceptors (Lipinski definition) is 2. The van der Waals surface area contributed by atoms with Gasteiger partial charge in [0.2, 0.25) is 0 Å². The molecule has 0 bridgehead atoms. The first-order valence-electron chi connectivity index (χ1n) is 7.40. The zero-order chi connectivity index (χ0) is 17.3. The van der Waals surface area contributed by atoms with Crippen molar-refractivity contribution in [1.82, 2.24) is 4.57 Å². The van der Waals surface area contributed by atoms with Gasteiger partial charge in [-0.1, -0.05) is 11.6 Å². The Morgan fingerprint density at radius 3 is 1.92 bits per heavy atom. The molecule has 24 heavy (non-hydrogen) atoms. The smallest absolute Gasteiger partial charge is 0.261 e. The molecular weight excluding hydrogens is 344 g/mol. The van der Waals surface area contributed by atoms with Crippen LogP contribution in [-0.2, 0) is 10.0 Å². The lowest BCUT2D eigenvalue weighted by atomic mass is 10.3. The van der Waals surface area contributed by atoms with E-state index in [1.807, 2.05) is 26.0 Å². The first-order chi connectivity index (χ1) is 11.4. The number of anilines is 1. The number of nitrogens with one attached hydrogen (secondary N) is 1. The lowest BCUT2D eigenvalue weighted by molar-refractivity contribution is 0.601. The summed E-state index contributed by atoms with van der Waals surface area (Å²) in [6.45, 7) is 4.03. The molecule has 0 unspecified atom stereocenters. The lowest BCUT2D eigenvalue weighted by Gasteiger charge is -2.11. The molecule has 2 aromatic carbocycles. The molecular formula is C18H17ClN2O2S. The molecule has 1 aromatic heterocycles. The fourth-order valence-electron chi connectivity index (χ4n) is 2.58. The summed E-state index contributed by atoms with van der Waals surface area (Å²) < 4.78 is 29.6. The number of nitrogens with zero attached hydrogens (tertiary/aromatic N) is 1. The number of halogens is 1. The van der Waals surface area contributed by atoms with E-state index in [1.54, 1.807) is 48.5 Å². The number of sulfonamides is 1. The van der Waals surface area contributed by atoms with E-state index < -0.39 is 10.0 Å². The van der Waals surface area contributed by atoms with Crippen LogP contribution in [0.3, 0.4) is 0 Å². The van der Waals surface area contributed by atoms with Crippen LogP contribution in [0.4, 0.5) is 5.69 Å². The van der Waals surface area contributed by atoms with Crippen LogP contribution in [0.1, 0.15) is 11.4 Å². The van der Waals surface area contributed by atoms with Gasteiger partial charge in [0.05, 0.1) is 4.90 Å². The van der Waals surface area contributed by atoms with E-state index in [2.05, 4.69) is 9.29 Å². The van der Waals surface area contributed by atoms with Gasteiger partial charge < -0.3 is 4.57 Å². The van der Waals surface area contributed by atoms with Gasteiger partial charge in [-0.3, -0.25) is 4.72 Å². The van der Waals surface area contributed by atoms with Gasteiger partial charge in [0.25, 0.3) is 10.0 Å². The largest absolute Gasteiger partial charge is 0.319 e. The number of benzene rings is 2. The van der Waals surface area contributed by atoms with E-state index in [9.17, 15) is 8.42 Å². The minimum Gasteiger partial charge on any atom is -0.319 e. The predicted octanol–water partition coefficient (Wildman–Crippen LogP) is 4.55. The summed E-state index contributed by atoms with van der Waals surface area (Å²) in [6, 6.07) is 17.4. The van der Waals surface area contributed by atoms with Crippen molar-refractivity contribution in [2.75, 3.05) is 4.72 Å². The third-order valence-corrected chi connectivity index (χ3v) is 5.42. The van der Waals surface area contributed by atoms with Gasteiger partial charge in [0, 0.05) is 27.8 Å². The second-order valence-electron chi connectivity index (χ2n) is 5.56. The molecule has 124 valence electrons. The normalized spacial score (nSPS) is 11.5. The minimum atomic E-state index is -3.63. The average molecular weight is 361 g/mol. The maximum Gasteiger partial charge on any atom is 0.261 e. The highest BCUT2D eigenvalue weighted by atomic mass is 35.5. The van der Waals surface area contributed by atoms with Crippen LogP contribution in [0.2, 0.25) is 5.02 Å². The molecule has 3 rings (SSSR count). The SMILES string of the molecule is Cc1ccc(C)n1-c1ccc(S(=O)(=O)Nc2ccc(Cl)cc2)cc1. The summed E-state index contributed by atoms with van der Waals surface area (Å²) in [4.78, 5) is 0.212. The highest BCUT2D eigenvalue weighted by molar-refractivity contribution is 7.92. The monoisotopic (exact) mass is 360 g/mol. The predicted molar refractivity (Wildman–Crippen MR) is 97.5 cm³/mol. The van der Waals surface area contributed by atoms with Crippen molar-refractivity contribution in [3.05, 3.63) is 77.1 Å². The zero-order valence-electron chi connectivity index (χ0n) is 13.3. The molecule has 3 aromatic rings. The number of hydrogen-bond donors (Lipinski definition) is 1. The van der Waals surface area contributed by atoms with Crippen molar-refractivity contribution < 1.29 is 8.42 Å². The Morgan fingerprint density at radius 2 is 1.38 bits per heavy atom. The van der Waals surface area contributed by atoms with E-state index in [-0.39, 0.29) is 4.90 Å². The van der Waals surface area contributed by atoms with Crippen molar-refractivity contribution in [3.63, 3.8) is 0 Å². The van der Waals surface area contributed by atoms with Crippen LogP contribution in [0.15, 0.2) is 65.6 Å². The van der Waals surface area contributed by atoms with Crippen molar-refractivity contribution in [2.24, 2.45) is 0 Å². The van der Waals surface area contributed by atoms with Gasteiger partial charge in [-0.15, -0.1) is 0 Å². The van der Waals surface area contributed by atoms with Crippen molar-refractivity contribution >= 4 is 27.3 Å². The molecule has 1 heterocycles. The third kappa shape index (κ3) is 3.32. The molecule has 0 atom stereocenters. The zero-order valence-corrected chi connectivity index (χ0v) is 14.9. The third-order valence-electron chi connectivity index (χ3n) is 3.77. The first kappa shape index (κ1) is 16.6. The van der Waals surface area contributed by atoms with Gasteiger partial charge >= 0.3 is 0 Å². The summed E-state index contributed by atoms with van der Waals surface area (Å²) in [7, 11) is -3.63. The summed E-state index contributed by atoms with van der Waals surface area (Å²) in [5, 5.41) is 0.555. The van der Waals surface area contributed by atoms with Crippen LogP contribution in [-0.4, -0.2) is 13.0 Å². The van der Waals surface area contributed by atoms with Gasteiger partial charge in [0.15, 0.2) is 0 Å². The lowest BCUT2D eigenvalue weighted by Crippen LogP contribution is -2.13. The molecule has 0 amide bonds. The van der Waals surface area contributed by atoms with E-state index in [1.165, 1.54) is 0 Å². The van der Waals surface area contributed by atoms with Crippen molar-refractivity contribution in [1.29, 1.82) is 0 Å². The molecule has 0 aliphatic heterocycles. The maximum absolute atomic E-state index is 12.5. The Balaban J connectivity index is 1.88. The summed E-state index contributed by atoms with van der Waals surface area (Å²) in [6.07, 6.45) is 0. The number of aromatic nitrogens is 1. The average Bonchev–Trinajstić information content (AvgIpc) is 2.88. The minimum absolute atomic E-state index is 0.212. The van der Waals surface area contributed by atoms with Crippen LogP contribution in [0.25, 0.3) is 5.69 Å². The van der Waals surface area contributed by atoms with E-state index in [0.717, 1.165) is 17.1 Å². The van der Waals surface area contributed by atoms with Crippen LogP contribution >= 0.6 is 11.6 Å². The molecule has 4 nitrogen and oxygen atoms in total. The number of rotatable bonds is 4. The van der Waals surface area contributed by atoms with E-state index >= 15 is 0 Å². The Labute approximate surface area is 146 Å². The molecule has 1 N–H and O–H groups in total. The summed E-state index contributed by atoms with van der Waals surface area (Å²) in [5.74, 6) is 0. The van der Waals surface area contributed by atoms with Crippen molar-refractivity contribution in [2.45, 2.75) is 18.7 Å². The molecule has 0 aliphatic carbocycles. The Bertz CT molecular complexity index is 940. The fourth-order valence-corrected chi connectivity index (χ4v) is 3.77. The molecule has 0 spiro atoms. The summed E-state index contributed by atoms with van der Waals surface area (Å²) in [5.41, 5.74) is 3.60. The molecule has 0 fully saturated rings. The highest BCUT2D eigenvalue weighted by Crippen LogP contribution is 2.21. The highest BCUT2D eigenvalue weighted by Gasteiger charge is 2.14. The van der Waals surface area contributed by atoms with Gasteiger partial charge in [-0.2, -0.15) is 0 Å². The quantitative estimate of drug-likeness (QED) is 0.742. The van der Waals surface area contributed by atoms with Gasteiger partial charge in [-0.05, 0) is 74.5 Å². The fraction of sp³-hybridized carbons (Fsp3) is 0.111. The molecule has 0 saturated carbocycles. The van der Waals surface area contributed by atoms with E-state index in [4.69, 9.17) is 11.6 Å². The number of aryl methyl sites for hydroxylation is 2. The van der Waals surface area contributed by atoms with Crippen molar-refractivity contribution in [3.8, 4) is 5.69 Å². The Hall–Kier alpha value is -2.24. The summed E-state index contributed by atoms with van der Waals surface area (Å²) >= 11 is 5.81. The topological polar surface area (TPSA) is 51.1 Å². The van der Waals surface area contributed by atoms with Crippen LogP contribution < -0.4 is 4.72 Å². The second kappa shape index (κ2) is 6.34. The van der Waals surface area contributed by atoms with Crippen LogP contribution in [0.5, 0.6) is 0 Å². The molecule has 0 saturated heterocycles. The molecule has 6 heteroatoms. The van der Waals surface area contributed by atoms with E-state index in [0.29, 0.717) is 10.7 Å².